The van der Waals surface area contributed by atoms with Crippen molar-refractivity contribution in [1.29, 1.82) is 0 Å². The zero-order chi connectivity index (χ0) is 17.0. The predicted molar refractivity (Wildman–Crippen MR) is 90.5 cm³/mol. The van der Waals surface area contributed by atoms with E-state index in [1.54, 1.807) is 16.7 Å². The van der Waals surface area contributed by atoms with E-state index in [0.29, 0.717) is 19.0 Å². The maximum atomic E-state index is 15.1. The first kappa shape index (κ1) is 15.8. The monoisotopic (exact) mass is 370 g/mol. The van der Waals surface area contributed by atoms with Gasteiger partial charge >= 0.3 is 5.97 Å². The molecule has 5 nitrogen and oxygen atoms in total. The number of halogens is 2. The van der Waals surface area contributed by atoms with E-state index in [0.717, 1.165) is 17.6 Å². The van der Waals surface area contributed by atoms with Gasteiger partial charge in [0.05, 0.1) is 21.8 Å². The van der Waals surface area contributed by atoms with Crippen LogP contribution in [0.2, 0.25) is 0 Å². The van der Waals surface area contributed by atoms with Crippen LogP contribution in [0.1, 0.15) is 10.4 Å². The number of carbonyl (C=O) groups is 1. The van der Waals surface area contributed by atoms with Crippen molar-refractivity contribution in [2.45, 2.75) is 10.9 Å². The fraction of sp³-hybridized carbons (Fsp3) is 0.333. The van der Waals surface area contributed by atoms with Gasteiger partial charge in [0.2, 0.25) is 5.43 Å². The largest absolute Gasteiger partial charge is 0.477 e. The molecular weight excluding hydrogens is 358 g/mol. The molecule has 1 fully saturated rings. The molecule has 0 unspecified atom stereocenters. The van der Waals surface area contributed by atoms with Crippen LogP contribution in [0.4, 0.5) is 14.5 Å². The molecule has 1 saturated heterocycles. The van der Waals surface area contributed by atoms with Crippen molar-refractivity contribution in [1.82, 2.24) is 4.57 Å². The van der Waals surface area contributed by atoms with Crippen LogP contribution in [0.15, 0.2) is 15.9 Å². The second kappa shape index (κ2) is 5.66. The highest BCUT2D eigenvalue weighted by Crippen LogP contribution is 2.40. The number of hydrogen-bond donors (Lipinski definition) is 1. The SMILES string of the molecule is O=C(O)c1c2n(c3c(F)c(N4CCSCC4)c(F)cc3c1=O)CS2. The molecule has 4 rings (SSSR count). The number of nitrogens with zero attached hydrogens (tertiary/aromatic N) is 2. The molecule has 1 aromatic carbocycles. The van der Waals surface area contributed by atoms with Gasteiger partial charge in [0.25, 0.3) is 0 Å². The van der Waals surface area contributed by atoms with E-state index < -0.39 is 28.6 Å². The van der Waals surface area contributed by atoms with Crippen molar-refractivity contribution in [3.05, 3.63) is 33.5 Å². The summed E-state index contributed by atoms with van der Waals surface area (Å²) >= 11 is 2.90. The van der Waals surface area contributed by atoms with E-state index in [2.05, 4.69) is 0 Å². The van der Waals surface area contributed by atoms with Crippen molar-refractivity contribution in [2.75, 3.05) is 29.5 Å². The Labute approximate surface area is 143 Å². The third-order valence-corrected chi connectivity index (χ3v) is 6.27. The lowest BCUT2D eigenvalue weighted by molar-refractivity contribution is 0.0689. The molecule has 0 radical (unpaired) electrons. The van der Waals surface area contributed by atoms with Gasteiger partial charge in [-0.15, -0.1) is 0 Å². The first-order valence-electron chi connectivity index (χ1n) is 7.28. The minimum atomic E-state index is -1.38. The van der Waals surface area contributed by atoms with Gasteiger partial charge in [-0.25, -0.2) is 13.6 Å². The smallest absolute Gasteiger partial charge is 0.342 e. The van der Waals surface area contributed by atoms with Crippen LogP contribution in [0, 0.1) is 11.6 Å². The fourth-order valence-corrected chi connectivity index (χ4v) is 4.93. The number of pyridine rings is 1. The van der Waals surface area contributed by atoms with Gasteiger partial charge in [0, 0.05) is 24.6 Å². The summed E-state index contributed by atoms with van der Waals surface area (Å²) in [6.45, 7) is 1.06. The third-order valence-electron chi connectivity index (χ3n) is 4.24. The highest BCUT2D eigenvalue weighted by Gasteiger charge is 2.32. The Morgan fingerprint density at radius 3 is 2.54 bits per heavy atom. The topological polar surface area (TPSA) is 62.5 Å². The molecule has 3 heterocycles. The van der Waals surface area contributed by atoms with Crippen molar-refractivity contribution >= 4 is 46.1 Å². The quantitative estimate of drug-likeness (QED) is 0.877. The summed E-state index contributed by atoms with van der Waals surface area (Å²) in [6, 6.07) is 0.973. The van der Waals surface area contributed by atoms with E-state index in [1.807, 2.05) is 0 Å². The van der Waals surface area contributed by atoms with E-state index in [1.165, 1.54) is 16.3 Å². The Hall–Kier alpha value is -1.74. The Kier molecular flexibility index (Phi) is 3.72. The highest BCUT2D eigenvalue weighted by atomic mass is 32.2. The van der Waals surface area contributed by atoms with Crippen LogP contribution in [0.3, 0.4) is 0 Å². The number of anilines is 1. The first-order valence-corrected chi connectivity index (χ1v) is 9.42. The molecule has 0 saturated carbocycles. The summed E-state index contributed by atoms with van der Waals surface area (Å²) < 4.78 is 31.1. The van der Waals surface area contributed by atoms with Crippen LogP contribution < -0.4 is 10.3 Å². The third kappa shape index (κ3) is 2.14. The molecule has 9 heteroatoms. The van der Waals surface area contributed by atoms with Crippen molar-refractivity contribution in [3.8, 4) is 0 Å². The molecule has 126 valence electrons. The number of rotatable bonds is 2. The highest BCUT2D eigenvalue weighted by molar-refractivity contribution is 7.99. The van der Waals surface area contributed by atoms with Gasteiger partial charge in [0.15, 0.2) is 5.82 Å². The van der Waals surface area contributed by atoms with Crippen LogP contribution in [0.25, 0.3) is 10.9 Å². The Morgan fingerprint density at radius 1 is 1.25 bits per heavy atom. The Balaban J connectivity index is 2.04. The number of carboxylic acids is 1. The lowest BCUT2D eigenvalue weighted by Gasteiger charge is -2.31. The molecule has 0 bridgehead atoms. The standard InChI is InChI=1S/C15H12F2N2O3S2/c16-8-5-7-11(10(17)12(8)18-1-3-23-4-2-18)19-6-24-14(19)9(13(7)20)15(21)22/h5H,1-4,6H2,(H,21,22). The molecule has 0 amide bonds. The number of hydrogen-bond acceptors (Lipinski definition) is 5. The van der Waals surface area contributed by atoms with Crippen LogP contribution in [0.5, 0.6) is 0 Å². The normalized spacial score (nSPS) is 16.8. The molecule has 0 aliphatic carbocycles. The van der Waals surface area contributed by atoms with Gasteiger partial charge in [0.1, 0.15) is 17.1 Å². The van der Waals surface area contributed by atoms with Gasteiger partial charge in [-0.1, -0.05) is 11.8 Å². The molecule has 2 aromatic rings. The van der Waals surface area contributed by atoms with Gasteiger partial charge in [-0.3, -0.25) is 4.79 Å². The number of fused-ring (bicyclic) bond motifs is 3. The van der Waals surface area contributed by atoms with Crippen LogP contribution in [-0.2, 0) is 5.88 Å². The molecule has 24 heavy (non-hydrogen) atoms. The Morgan fingerprint density at radius 2 is 1.96 bits per heavy atom. The molecule has 0 atom stereocenters. The minimum absolute atomic E-state index is 0.00613. The number of carboxylic acid groups (broad SMARTS) is 1. The summed E-state index contributed by atoms with van der Waals surface area (Å²) in [5.74, 6) is -1.09. The average molecular weight is 370 g/mol. The summed E-state index contributed by atoms with van der Waals surface area (Å²) in [4.78, 5) is 25.4. The molecule has 1 N–H and O–H groups in total. The second-order valence-corrected chi connectivity index (χ2v) is 7.69. The van der Waals surface area contributed by atoms with Gasteiger partial charge < -0.3 is 14.6 Å². The maximum Gasteiger partial charge on any atom is 0.342 e. The predicted octanol–water partition coefficient (Wildman–Crippen LogP) is 2.59. The van der Waals surface area contributed by atoms with E-state index in [4.69, 9.17) is 0 Å². The molecule has 2 aliphatic heterocycles. The lowest BCUT2D eigenvalue weighted by Crippen LogP contribution is -2.34. The average Bonchev–Trinajstić information content (AvgIpc) is 2.52. The number of thioether (sulfide) groups is 2. The Bertz CT molecular complexity index is 939. The fourth-order valence-electron chi connectivity index (χ4n) is 3.10. The van der Waals surface area contributed by atoms with Crippen LogP contribution in [-0.4, -0.2) is 40.2 Å². The van der Waals surface area contributed by atoms with Crippen LogP contribution >= 0.6 is 23.5 Å². The zero-order valence-electron chi connectivity index (χ0n) is 12.3. The molecule has 1 aromatic heterocycles. The molecular formula is C15H12F2N2O3S2. The summed E-state index contributed by atoms with van der Waals surface area (Å²) in [5, 5.41) is 9.24. The zero-order valence-corrected chi connectivity index (χ0v) is 14.0. The first-order chi connectivity index (χ1) is 11.5. The number of benzene rings is 1. The van der Waals surface area contributed by atoms with Gasteiger partial charge in [-0.05, 0) is 6.07 Å². The van der Waals surface area contributed by atoms with E-state index in [-0.39, 0.29) is 21.6 Å². The second-order valence-electron chi connectivity index (χ2n) is 5.53. The van der Waals surface area contributed by atoms with E-state index in [9.17, 15) is 19.1 Å². The maximum absolute atomic E-state index is 15.1. The summed E-state index contributed by atoms with van der Waals surface area (Å²) in [6.07, 6.45) is 0. The minimum Gasteiger partial charge on any atom is -0.477 e. The van der Waals surface area contributed by atoms with Crippen molar-refractivity contribution < 1.29 is 18.7 Å². The van der Waals surface area contributed by atoms with Gasteiger partial charge in [-0.2, -0.15) is 11.8 Å². The molecule has 2 aliphatic rings. The lowest BCUT2D eigenvalue weighted by atomic mass is 10.1. The molecule has 0 spiro atoms. The number of aromatic nitrogens is 1. The van der Waals surface area contributed by atoms with Crippen molar-refractivity contribution in [2.24, 2.45) is 0 Å². The number of aromatic carboxylic acids is 1. The van der Waals surface area contributed by atoms with Crippen molar-refractivity contribution in [3.63, 3.8) is 0 Å². The van der Waals surface area contributed by atoms with E-state index >= 15 is 4.39 Å². The summed E-state index contributed by atoms with van der Waals surface area (Å²) in [5.41, 5.74) is -1.39. The summed E-state index contributed by atoms with van der Waals surface area (Å²) in [7, 11) is 0.